The van der Waals surface area contributed by atoms with Crippen molar-refractivity contribution in [2.45, 2.75) is 13.5 Å². The van der Waals surface area contributed by atoms with Gasteiger partial charge in [-0.1, -0.05) is 47.1 Å². The van der Waals surface area contributed by atoms with E-state index in [1.54, 1.807) is 12.1 Å². The van der Waals surface area contributed by atoms with E-state index in [9.17, 15) is 0 Å². The minimum atomic E-state index is 0.0770. The Balaban J connectivity index is 2.39. The van der Waals surface area contributed by atoms with E-state index in [1.807, 2.05) is 24.3 Å². The summed E-state index contributed by atoms with van der Waals surface area (Å²) in [7, 11) is 0. The van der Waals surface area contributed by atoms with Crippen LogP contribution in [0.25, 0.3) is 0 Å². The summed E-state index contributed by atoms with van der Waals surface area (Å²) in [6.45, 7) is 3.56. The molecule has 0 saturated heterocycles. The first kappa shape index (κ1) is 15.2. The van der Waals surface area contributed by atoms with Crippen LogP contribution in [0.5, 0.6) is 0 Å². The normalized spacial score (nSPS) is 11.4. The highest BCUT2D eigenvalue weighted by Gasteiger charge is 2.14. The molecule has 0 aromatic heterocycles. The summed E-state index contributed by atoms with van der Waals surface area (Å²) < 4.78 is 0. The average molecular weight is 304 g/mol. The third-order valence-electron chi connectivity index (χ3n) is 3.28. The summed E-state index contributed by atoms with van der Waals surface area (Å²) >= 11 is 6.10. The fourth-order valence-electron chi connectivity index (χ4n) is 2.21. The number of hydrogen-bond acceptors (Lipinski definition) is 3. The molecule has 0 unspecified atom stereocenters. The van der Waals surface area contributed by atoms with Crippen molar-refractivity contribution in [3.8, 4) is 0 Å². The van der Waals surface area contributed by atoms with Gasteiger partial charge in [-0.25, -0.2) is 0 Å². The SMILES string of the molecule is CCN(Cc1ccccc1)c1cc(Cl)ccc1C(N)=NO. The monoisotopic (exact) mass is 303 g/mol. The zero-order valence-corrected chi connectivity index (χ0v) is 12.6. The first-order chi connectivity index (χ1) is 10.2. The Morgan fingerprint density at radius 2 is 1.95 bits per heavy atom. The molecule has 3 N–H and O–H groups in total. The number of nitrogens with two attached hydrogens (primary N) is 1. The van der Waals surface area contributed by atoms with Gasteiger partial charge in [0.15, 0.2) is 5.84 Å². The number of benzene rings is 2. The fourth-order valence-corrected chi connectivity index (χ4v) is 2.37. The number of anilines is 1. The van der Waals surface area contributed by atoms with Gasteiger partial charge in [0.05, 0.1) is 0 Å². The topological polar surface area (TPSA) is 61.8 Å². The minimum absolute atomic E-state index is 0.0770. The molecule has 0 aliphatic rings. The molecule has 0 fully saturated rings. The number of amidine groups is 1. The molecule has 0 aliphatic carbocycles. The van der Waals surface area contributed by atoms with Crippen LogP contribution < -0.4 is 10.6 Å². The van der Waals surface area contributed by atoms with E-state index in [0.29, 0.717) is 10.6 Å². The van der Waals surface area contributed by atoms with Gasteiger partial charge in [0.25, 0.3) is 0 Å². The van der Waals surface area contributed by atoms with E-state index >= 15 is 0 Å². The van der Waals surface area contributed by atoms with E-state index in [2.05, 4.69) is 29.1 Å². The van der Waals surface area contributed by atoms with Crippen molar-refractivity contribution in [3.63, 3.8) is 0 Å². The van der Waals surface area contributed by atoms with Crippen molar-refractivity contribution in [2.75, 3.05) is 11.4 Å². The maximum atomic E-state index is 8.94. The van der Waals surface area contributed by atoms with Gasteiger partial charge >= 0.3 is 0 Å². The van der Waals surface area contributed by atoms with Crippen LogP contribution in [0.1, 0.15) is 18.1 Å². The summed E-state index contributed by atoms with van der Waals surface area (Å²) in [6, 6.07) is 15.5. The first-order valence-corrected chi connectivity index (χ1v) is 7.09. The van der Waals surface area contributed by atoms with Crippen LogP contribution >= 0.6 is 11.6 Å². The quantitative estimate of drug-likeness (QED) is 0.385. The lowest BCUT2D eigenvalue weighted by molar-refractivity contribution is 0.318. The maximum Gasteiger partial charge on any atom is 0.172 e. The van der Waals surface area contributed by atoms with Crippen LogP contribution in [0.3, 0.4) is 0 Å². The van der Waals surface area contributed by atoms with Crippen LogP contribution in [0.15, 0.2) is 53.7 Å². The standard InChI is InChI=1S/C16H18ClN3O/c1-2-20(11-12-6-4-3-5-7-12)15-10-13(17)8-9-14(15)16(18)19-21/h3-10,21H,2,11H2,1H3,(H2,18,19). The van der Waals surface area contributed by atoms with Crippen LogP contribution in [0.2, 0.25) is 5.02 Å². The predicted molar refractivity (Wildman–Crippen MR) is 87.1 cm³/mol. The Kier molecular flexibility index (Phi) is 5.06. The Hall–Kier alpha value is -2.20. The van der Waals surface area contributed by atoms with Gasteiger partial charge in [0.2, 0.25) is 0 Å². The molecule has 0 amide bonds. The first-order valence-electron chi connectivity index (χ1n) is 6.72. The van der Waals surface area contributed by atoms with E-state index < -0.39 is 0 Å². The van der Waals surface area contributed by atoms with Crippen molar-refractivity contribution in [1.82, 2.24) is 0 Å². The number of halogens is 1. The van der Waals surface area contributed by atoms with Gasteiger partial charge in [-0.05, 0) is 30.7 Å². The summed E-state index contributed by atoms with van der Waals surface area (Å²) in [6.07, 6.45) is 0. The van der Waals surface area contributed by atoms with Gasteiger partial charge in [0, 0.05) is 29.4 Å². The van der Waals surface area contributed by atoms with Crippen molar-refractivity contribution in [3.05, 3.63) is 64.7 Å². The molecule has 5 heteroatoms. The third kappa shape index (κ3) is 3.67. The molecule has 4 nitrogen and oxygen atoms in total. The lowest BCUT2D eigenvalue weighted by atomic mass is 10.1. The zero-order valence-electron chi connectivity index (χ0n) is 11.8. The van der Waals surface area contributed by atoms with Crippen molar-refractivity contribution in [2.24, 2.45) is 10.9 Å². The molecule has 2 aromatic carbocycles. The number of hydrogen-bond donors (Lipinski definition) is 2. The smallest absolute Gasteiger partial charge is 0.172 e. The molecule has 0 bridgehead atoms. The van der Waals surface area contributed by atoms with Crippen LogP contribution in [-0.4, -0.2) is 17.6 Å². The Bertz CT molecular complexity index is 629. The number of rotatable bonds is 5. The summed E-state index contributed by atoms with van der Waals surface area (Å²) in [5.74, 6) is 0.0770. The molecule has 2 rings (SSSR count). The second kappa shape index (κ2) is 6.99. The minimum Gasteiger partial charge on any atom is -0.409 e. The average Bonchev–Trinajstić information content (AvgIpc) is 2.52. The Labute approximate surface area is 129 Å². The Morgan fingerprint density at radius 1 is 1.24 bits per heavy atom. The van der Waals surface area contributed by atoms with E-state index in [0.717, 1.165) is 18.8 Å². The second-order valence-electron chi connectivity index (χ2n) is 4.65. The van der Waals surface area contributed by atoms with Gasteiger partial charge in [-0.15, -0.1) is 0 Å². The molecule has 0 spiro atoms. The van der Waals surface area contributed by atoms with Crippen molar-refractivity contribution >= 4 is 23.1 Å². The summed E-state index contributed by atoms with van der Waals surface area (Å²) in [5.41, 5.74) is 8.46. The molecule has 0 heterocycles. The van der Waals surface area contributed by atoms with E-state index in [-0.39, 0.29) is 5.84 Å². The van der Waals surface area contributed by atoms with Gasteiger partial charge in [0.1, 0.15) is 0 Å². The largest absolute Gasteiger partial charge is 0.409 e. The Morgan fingerprint density at radius 3 is 2.57 bits per heavy atom. The van der Waals surface area contributed by atoms with Gasteiger partial charge < -0.3 is 15.8 Å². The molecule has 0 aliphatic heterocycles. The molecule has 2 aromatic rings. The zero-order chi connectivity index (χ0) is 15.2. The fraction of sp³-hybridized carbons (Fsp3) is 0.188. The maximum absolute atomic E-state index is 8.94. The molecule has 0 atom stereocenters. The van der Waals surface area contributed by atoms with E-state index in [1.165, 1.54) is 5.56 Å². The molecule has 0 saturated carbocycles. The van der Waals surface area contributed by atoms with Gasteiger partial charge in [-0.2, -0.15) is 0 Å². The van der Waals surface area contributed by atoms with Crippen LogP contribution in [0, 0.1) is 0 Å². The predicted octanol–water partition coefficient (Wildman–Crippen LogP) is 3.46. The number of oxime groups is 1. The van der Waals surface area contributed by atoms with Crippen LogP contribution in [0.4, 0.5) is 5.69 Å². The van der Waals surface area contributed by atoms with E-state index in [4.69, 9.17) is 22.5 Å². The highest BCUT2D eigenvalue weighted by Crippen LogP contribution is 2.26. The summed E-state index contributed by atoms with van der Waals surface area (Å²) in [4.78, 5) is 2.13. The van der Waals surface area contributed by atoms with Gasteiger partial charge in [-0.3, -0.25) is 0 Å². The van der Waals surface area contributed by atoms with Crippen LogP contribution in [-0.2, 0) is 6.54 Å². The summed E-state index contributed by atoms with van der Waals surface area (Å²) in [5, 5.41) is 12.7. The highest BCUT2D eigenvalue weighted by atomic mass is 35.5. The van der Waals surface area contributed by atoms with Crippen molar-refractivity contribution in [1.29, 1.82) is 0 Å². The number of nitrogens with zero attached hydrogens (tertiary/aromatic N) is 2. The lowest BCUT2D eigenvalue weighted by Crippen LogP contribution is -2.26. The molecular formula is C16H18ClN3O. The lowest BCUT2D eigenvalue weighted by Gasteiger charge is -2.25. The third-order valence-corrected chi connectivity index (χ3v) is 3.52. The molecule has 110 valence electrons. The molecule has 21 heavy (non-hydrogen) atoms. The highest BCUT2D eigenvalue weighted by molar-refractivity contribution is 6.31. The molecule has 0 radical (unpaired) electrons. The second-order valence-corrected chi connectivity index (χ2v) is 5.08. The van der Waals surface area contributed by atoms with Crippen molar-refractivity contribution < 1.29 is 5.21 Å². The molecular weight excluding hydrogens is 286 g/mol.